The van der Waals surface area contributed by atoms with Gasteiger partial charge in [0.25, 0.3) is 0 Å². The summed E-state index contributed by atoms with van der Waals surface area (Å²) in [6.07, 6.45) is -1.01. The highest BCUT2D eigenvalue weighted by atomic mass is 35.5. The van der Waals surface area contributed by atoms with Crippen LogP contribution in [0.3, 0.4) is 0 Å². The topological polar surface area (TPSA) is 78.8 Å². The molecule has 1 amide bonds. The highest BCUT2D eigenvalue weighted by Crippen LogP contribution is 2.43. The van der Waals surface area contributed by atoms with Crippen molar-refractivity contribution in [1.82, 2.24) is 14.9 Å². The fourth-order valence-electron chi connectivity index (χ4n) is 4.49. The Balaban J connectivity index is 1.89. The number of piperazine rings is 1. The van der Waals surface area contributed by atoms with Gasteiger partial charge >= 0.3 is 6.09 Å². The molecule has 0 saturated carbocycles. The van der Waals surface area contributed by atoms with E-state index in [0.717, 1.165) is 0 Å². The van der Waals surface area contributed by atoms with Crippen LogP contribution in [0.5, 0.6) is 5.75 Å². The second kappa shape index (κ2) is 9.28. The van der Waals surface area contributed by atoms with E-state index in [1.54, 1.807) is 0 Å². The molecule has 1 N–H and O–H groups in total. The van der Waals surface area contributed by atoms with Crippen LogP contribution in [0.25, 0.3) is 22.0 Å². The van der Waals surface area contributed by atoms with Gasteiger partial charge in [0.05, 0.1) is 23.7 Å². The number of rotatable bonds is 3. The second-order valence-electron chi connectivity index (χ2n) is 9.38. The standard InChI is InChI=1S/C24H24Cl2F2N4O3/c1-24(2,3)16-11-31(8-9-32(16)23(33)34)21-12-10-13(25)17(19(28)20(12)29-22(26)30-21)18-14(27)6-5-7-15(18)35-4/h5-7,10,16H,8-9,11H2,1-4H3,(H,33,34). The number of hydrogen-bond acceptors (Lipinski definition) is 5. The Bertz CT molecular complexity index is 1320. The fraction of sp³-hybridized carbons (Fsp3) is 0.375. The van der Waals surface area contributed by atoms with Gasteiger partial charge in [0.1, 0.15) is 22.9 Å². The van der Waals surface area contributed by atoms with E-state index in [1.807, 2.05) is 25.7 Å². The summed E-state index contributed by atoms with van der Waals surface area (Å²) in [7, 11) is 1.35. The molecule has 35 heavy (non-hydrogen) atoms. The minimum absolute atomic E-state index is 0.0536. The molecule has 4 rings (SSSR count). The second-order valence-corrected chi connectivity index (χ2v) is 10.1. The molecule has 2 aromatic carbocycles. The van der Waals surface area contributed by atoms with Gasteiger partial charge in [-0.1, -0.05) is 38.4 Å². The minimum atomic E-state index is -1.01. The molecule has 3 aromatic rings. The van der Waals surface area contributed by atoms with Crippen LogP contribution in [0.2, 0.25) is 10.3 Å². The molecule has 0 bridgehead atoms. The molecule has 1 unspecified atom stereocenters. The molecule has 1 fully saturated rings. The smallest absolute Gasteiger partial charge is 0.407 e. The van der Waals surface area contributed by atoms with Gasteiger partial charge in [-0.15, -0.1) is 0 Å². The molecule has 1 aliphatic rings. The molecule has 1 aliphatic heterocycles. The molecule has 1 aromatic heterocycles. The van der Waals surface area contributed by atoms with Gasteiger partial charge in [-0.2, -0.15) is 4.98 Å². The third-order valence-corrected chi connectivity index (χ3v) is 6.67. The van der Waals surface area contributed by atoms with Crippen molar-refractivity contribution in [3.8, 4) is 16.9 Å². The number of halogens is 4. The maximum Gasteiger partial charge on any atom is 0.407 e. The van der Waals surface area contributed by atoms with E-state index in [-0.39, 0.29) is 56.1 Å². The van der Waals surface area contributed by atoms with Crippen LogP contribution < -0.4 is 9.64 Å². The number of nitrogens with zero attached hydrogens (tertiary/aromatic N) is 4. The lowest BCUT2D eigenvalue weighted by Crippen LogP contribution is -2.59. The molecule has 11 heteroatoms. The number of aromatic nitrogens is 2. The van der Waals surface area contributed by atoms with Gasteiger partial charge < -0.3 is 19.6 Å². The summed E-state index contributed by atoms with van der Waals surface area (Å²) >= 11 is 12.7. The first kappa shape index (κ1) is 25.2. The highest BCUT2D eigenvalue weighted by Gasteiger charge is 2.39. The van der Waals surface area contributed by atoms with E-state index in [2.05, 4.69) is 9.97 Å². The van der Waals surface area contributed by atoms with Gasteiger partial charge in [-0.05, 0) is 35.2 Å². The van der Waals surface area contributed by atoms with Crippen LogP contribution in [0.1, 0.15) is 20.8 Å². The Labute approximate surface area is 211 Å². The van der Waals surface area contributed by atoms with E-state index >= 15 is 4.39 Å². The Kier molecular flexibility index (Phi) is 6.68. The number of fused-ring (bicyclic) bond motifs is 1. The maximum atomic E-state index is 15.9. The van der Waals surface area contributed by atoms with Gasteiger partial charge in [0.2, 0.25) is 5.28 Å². The lowest BCUT2D eigenvalue weighted by molar-refractivity contribution is 0.0747. The lowest BCUT2D eigenvalue weighted by Gasteiger charge is -2.46. The number of amides is 1. The van der Waals surface area contributed by atoms with Crippen LogP contribution >= 0.6 is 23.2 Å². The van der Waals surface area contributed by atoms with Gasteiger partial charge in [0, 0.05) is 30.6 Å². The summed E-state index contributed by atoms with van der Waals surface area (Å²) in [5, 5.41) is 9.70. The Hall–Kier alpha value is -2.91. The number of anilines is 1. The highest BCUT2D eigenvalue weighted by molar-refractivity contribution is 6.34. The molecule has 0 spiro atoms. The number of ether oxygens (including phenoxy) is 1. The van der Waals surface area contributed by atoms with E-state index < -0.39 is 17.7 Å². The molecule has 0 radical (unpaired) electrons. The predicted octanol–water partition coefficient (Wildman–Crippen LogP) is 6.11. The zero-order valence-electron chi connectivity index (χ0n) is 19.6. The Morgan fingerprint density at radius 3 is 2.51 bits per heavy atom. The van der Waals surface area contributed by atoms with Crippen LogP contribution in [0.15, 0.2) is 24.3 Å². The van der Waals surface area contributed by atoms with E-state index in [0.29, 0.717) is 18.9 Å². The Morgan fingerprint density at radius 1 is 1.17 bits per heavy atom. The summed E-state index contributed by atoms with van der Waals surface area (Å²) in [5.41, 5.74) is -0.824. The molecular formula is C24H24Cl2F2N4O3. The SMILES string of the molecule is COc1cccc(F)c1-c1c(Cl)cc2c(N3CCN(C(=O)O)C(C(C)(C)C)C3)nc(Cl)nc2c1F. The van der Waals surface area contributed by atoms with E-state index in [1.165, 1.54) is 36.3 Å². The van der Waals surface area contributed by atoms with E-state index in [4.69, 9.17) is 27.9 Å². The van der Waals surface area contributed by atoms with Crippen LogP contribution in [0.4, 0.5) is 19.4 Å². The van der Waals surface area contributed by atoms with Crippen LogP contribution in [-0.2, 0) is 0 Å². The summed E-state index contributed by atoms with van der Waals surface area (Å²) < 4.78 is 35.9. The lowest BCUT2D eigenvalue weighted by atomic mass is 9.84. The number of hydrogen-bond donors (Lipinski definition) is 1. The summed E-state index contributed by atoms with van der Waals surface area (Å²) in [4.78, 5) is 23.5. The van der Waals surface area contributed by atoms with Gasteiger partial charge in [-0.25, -0.2) is 18.6 Å². The summed E-state index contributed by atoms with van der Waals surface area (Å²) in [6.45, 7) is 6.69. The monoisotopic (exact) mass is 524 g/mol. The van der Waals surface area contributed by atoms with Crippen molar-refractivity contribution in [2.24, 2.45) is 5.41 Å². The van der Waals surface area contributed by atoms with Crippen LogP contribution in [-0.4, -0.2) is 58.9 Å². The number of carboxylic acid groups (broad SMARTS) is 1. The van der Waals surface area contributed by atoms with Crippen molar-refractivity contribution in [3.63, 3.8) is 0 Å². The molecule has 0 aliphatic carbocycles. The van der Waals surface area contributed by atoms with E-state index in [9.17, 15) is 14.3 Å². The van der Waals surface area contributed by atoms with Crippen LogP contribution in [0, 0.1) is 17.0 Å². The predicted molar refractivity (Wildman–Crippen MR) is 132 cm³/mol. The summed E-state index contributed by atoms with van der Waals surface area (Å²) in [5.74, 6) is -1.13. The first-order valence-electron chi connectivity index (χ1n) is 10.9. The third kappa shape index (κ3) is 4.54. The number of carbonyl (C=O) groups is 1. The largest absolute Gasteiger partial charge is 0.496 e. The average Bonchev–Trinajstić information content (AvgIpc) is 2.79. The van der Waals surface area contributed by atoms with Gasteiger partial charge in [-0.3, -0.25) is 0 Å². The summed E-state index contributed by atoms with van der Waals surface area (Å²) in [6, 6.07) is 5.25. The Morgan fingerprint density at radius 2 is 1.89 bits per heavy atom. The number of methoxy groups -OCH3 is 1. The average molecular weight is 525 g/mol. The molecule has 186 valence electrons. The van der Waals surface area contributed by atoms with Crippen molar-refractivity contribution in [1.29, 1.82) is 0 Å². The quantitative estimate of drug-likeness (QED) is 0.416. The van der Waals surface area contributed by atoms with Crippen molar-refractivity contribution in [3.05, 3.63) is 46.2 Å². The zero-order chi connectivity index (χ0) is 25.7. The number of benzene rings is 2. The third-order valence-electron chi connectivity index (χ3n) is 6.21. The molecule has 1 atom stereocenters. The van der Waals surface area contributed by atoms with Crippen molar-refractivity contribution >= 4 is 46.0 Å². The minimum Gasteiger partial charge on any atom is -0.496 e. The van der Waals surface area contributed by atoms with Crippen molar-refractivity contribution in [2.75, 3.05) is 31.6 Å². The molecular weight excluding hydrogens is 501 g/mol. The molecule has 2 heterocycles. The first-order chi connectivity index (χ1) is 16.4. The van der Waals surface area contributed by atoms with Crippen molar-refractivity contribution in [2.45, 2.75) is 26.8 Å². The normalized spacial score (nSPS) is 16.6. The van der Waals surface area contributed by atoms with Crippen molar-refractivity contribution < 1.29 is 23.4 Å². The maximum absolute atomic E-state index is 15.9. The first-order valence-corrected chi connectivity index (χ1v) is 11.6. The van der Waals surface area contributed by atoms with Gasteiger partial charge in [0.15, 0.2) is 5.82 Å². The molecule has 7 nitrogen and oxygen atoms in total. The fourth-order valence-corrected chi connectivity index (χ4v) is 4.94. The molecule has 1 saturated heterocycles. The zero-order valence-corrected chi connectivity index (χ0v) is 21.1.